The van der Waals surface area contributed by atoms with Gasteiger partial charge in [-0.25, -0.2) is 4.79 Å². The molecule has 2 heterocycles. The predicted molar refractivity (Wildman–Crippen MR) is 79.4 cm³/mol. The highest BCUT2D eigenvalue weighted by Crippen LogP contribution is 2.05. The molecule has 0 spiro atoms. The van der Waals surface area contributed by atoms with Crippen molar-refractivity contribution in [2.24, 2.45) is 0 Å². The van der Waals surface area contributed by atoms with Gasteiger partial charge < -0.3 is 14.5 Å². The Kier molecular flexibility index (Phi) is 5.72. The molecule has 1 aliphatic rings. The maximum atomic E-state index is 11.9. The first-order valence-corrected chi connectivity index (χ1v) is 8.07. The molecule has 0 aromatic carbocycles. The molecular formula is C14H23N3O3S+2. The number of quaternary nitrogens is 2. The normalized spacial score (nSPS) is 23.3. The molecule has 0 bridgehead atoms. The number of hydrogen-bond acceptors (Lipinski definition) is 4. The molecule has 0 radical (unpaired) electrons. The smallest absolute Gasteiger partial charge is 0.413 e. The number of nitrogens with one attached hydrogen (secondary N) is 3. The fourth-order valence-corrected chi connectivity index (χ4v) is 3.42. The van der Waals surface area contributed by atoms with Crippen LogP contribution in [0.3, 0.4) is 0 Å². The van der Waals surface area contributed by atoms with Gasteiger partial charge in [0.15, 0.2) is 6.04 Å². The first kappa shape index (κ1) is 15.9. The Bertz CT molecular complexity index is 470. The van der Waals surface area contributed by atoms with Crippen LogP contribution in [0, 0.1) is 0 Å². The largest absolute Gasteiger partial charge is 0.453 e. The lowest BCUT2D eigenvalue weighted by atomic mass is 10.2. The number of rotatable bonds is 4. The Balaban J connectivity index is 1.77. The number of methoxy groups -OCH3 is 1. The average Bonchev–Trinajstić information content (AvgIpc) is 3.00. The van der Waals surface area contributed by atoms with Crippen molar-refractivity contribution in [2.75, 3.05) is 33.3 Å². The van der Waals surface area contributed by atoms with Crippen LogP contribution in [0.15, 0.2) is 17.5 Å². The molecule has 2 rings (SSSR count). The molecular weight excluding hydrogens is 290 g/mol. The number of amides is 2. The summed E-state index contributed by atoms with van der Waals surface area (Å²) in [5.41, 5.74) is 0. The summed E-state index contributed by atoms with van der Waals surface area (Å²) in [4.78, 5) is 27.2. The Hall–Kier alpha value is -1.44. The van der Waals surface area contributed by atoms with Gasteiger partial charge in [-0.05, 0) is 18.4 Å². The molecule has 1 aliphatic heterocycles. The molecule has 116 valence electrons. The van der Waals surface area contributed by atoms with Gasteiger partial charge in [0.25, 0.3) is 5.91 Å². The summed E-state index contributed by atoms with van der Waals surface area (Å²) in [5, 5.41) is 4.35. The van der Waals surface area contributed by atoms with Crippen molar-refractivity contribution in [1.82, 2.24) is 5.32 Å². The minimum atomic E-state index is -0.687. The molecule has 6 nitrogen and oxygen atoms in total. The lowest BCUT2D eigenvalue weighted by Gasteiger charge is -2.32. The van der Waals surface area contributed by atoms with Gasteiger partial charge in [0.05, 0.1) is 12.0 Å². The van der Waals surface area contributed by atoms with E-state index in [1.807, 2.05) is 6.92 Å². The second kappa shape index (κ2) is 7.53. The Morgan fingerprint density at radius 2 is 2.10 bits per heavy atom. The van der Waals surface area contributed by atoms with Gasteiger partial charge in [0.1, 0.15) is 32.7 Å². The van der Waals surface area contributed by atoms with Gasteiger partial charge >= 0.3 is 6.09 Å². The maximum Gasteiger partial charge on any atom is 0.413 e. The molecule has 3 N–H and O–H groups in total. The summed E-state index contributed by atoms with van der Waals surface area (Å²) in [6.45, 7) is 6.89. The fourth-order valence-electron chi connectivity index (χ4n) is 2.64. The number of ether oxygens (including phenoxy) is 1. The van der Waals surface area contributed by atoms with Gasteiger partial charge in [0, 0.05) is 0 Å². The number of thiophene rings is 1. The Labute approximate surface area is 128 Å². The molecule has 21 heavy (non-hydrogen) atoms. The number of hydrogen-bond donors (Lipinski definition) is 3. The predicted octanol–water partition coefficient (Wildman–Crippen LogP) is -1.70. The van der Waals surface area contributed by atoms with E-state index in [9.17, 15) is 9.59 Å². The highest BCUT2D eigenvalue weighted by molar-refractivity contribution is 7.09. The van der Waals surface area contributed by atoms with Crippen molar-refractivity contribution < 1.29 is 24.1 Å². The number of imide groups is 1. The van der Waals surface area contributed by atoms with Crippen LogP contribution < -0.4 is 15.1 Å². The van der Waals surface area contributed by atoms with Crippen molar-refractivity contribution in [1.29, 1.82) is 0 Å². The molecule has 0 unspecified atom stereocenters. The second-order valence-electron chi connectivity index (χ2n) is 5.37. The Morgan fingerprint density at radius 3 is 2.67 bits per heavy atom. The van der Waals surface area contributed by atoms with Crippen LogP contribution in [0.25, 0.3) is 0 Å². The molecule has 0 saturated carbocycles. The number of carbonyl (C=O) groups is 2. The first-order chi connectivity index (χ1) is 10.1. The van der Waals surface area contributed by atoms with Gasteiger partial charge in [-0.2, -0.15) is 0 Å². The van der Waals surface area contributed by atoms with Crippen LogP contribution in [-0.4, -0.2) is 51.3 Å². The van der Waals surface area contributed by atoms with Crippen LogP contribution in [0.2, 0.25) is 0 Å². The molecule has 0 aliphatic carbocycles. The van der Waals surface area contributed by atoms with E-state index in [0.717, 1.165) is 32.7 Å². The van der Waals surface area contributed by atoms with Gasteiger partial charge in [-0.3, -0.25) is 10.1 Å². The van der Waals surface area contributed by atoms with Crippen LogP contribution in [0.4, 0.5) is 4.79 Å². The first-order valence-electron chi connectivity index (χ1n) is 7.19. The number of carbonyl (C=O) groups excluding carboxylic acids is 2. The molecule has 1 atom stereocenters. The van der Waals surface area contributed by atoms with E-state index < -0.39 is 6.09 Å². The van der Waals surface area contributed by atoms with Gasteiger partial charge in [0.2, 0.25) is 0 Å². The van der Waals surface area contributed by atoms with E-state index in [1.54, 1.807) is 16.2 Å². The summed E-state index contributed by atoms with van der Waals surface area (Å²) in [6, 6.07) is 4.02. The number of piperazine rings is 1. The zero-order valence-electron chi connectivity index (χ0n) is 12.5. The molecule has 1 aromatic rings. The second-order valence-corrected chi connectivity index (χ2v) is 6.40. The van der Waals surface area contributed by atoms with Crippen LogP contribution in [0.5, 0.6) is 0 Å². The fraction of sp³-hybridized carbons (Fsp3) is 0.571. The third kappa shape index (κ3) is 4.52. The van der Waals surface area contributed by atoms with E-state index in [1.165, 1.54) is 16.9 Å². The highest BCUT2D eigenvalue weighted by atomic mass is 32.1. The zero-order valence-corrected chi connectivity index (χ0v) is 13.3. The van der Waals surface area contributed by atoms with Crippen LogP contribution >= 0.6 is 11.3 Å². The molecule has 1 fully saturated rings. The van der Waals surface area contributed by atoms with Crippen molar-refractivity contribution >= 4 is 23.3 Å². The summed E-state index contributed by atoms with van der Waals surface area (Å²) in [5.74, 6) is -0.265. The van der Waals surface area contributed by atoms with Gasteiger partial charge in [-0.15, -0.1) is 11.3 Å². The molecule has 2 amide bonds. The standard InChI is InChI=1S/C14H21N3O3S/c1-11(13(18)15-14(19)20-2)17-7-5-16(6-8-17)10-12-4-3-9-21-12/h3-4,9,11H,5-8,10H2,1-2H3,(H,15,18,19)/p+2/t11-/m0/s1. The zero-order chi connectivity index (χ0) is 15.2. The third-order valence-corrected chi connectivity index (χ3v) is 4.90. The quantitative estimate of drug-likeness (QED) is 0.621. The SMILES string of the molecule is COC(=O)NC(=O)[C@H](C)[NH+]1CC[NH+](Cc2cccs2)CC1. The summed E-state index contributed by atoms with van der Waals surface area (Å²) < 4.78 is 4.45. The highest BCUT2D eigenvalue weighted by Gasteiger charge is 2.31. The van der Waals surface area contributed by atoms with Crippen molar-refractivity contribution in [3.8, 4) is 0 Å². The lowest BCUT2D eigenvalue weighted by molar-refractivity contribution is -1.02. The molecule has 1 aromatic heterocycles. The van der Waals surface area contributed by atoms with Gasteiger partial charge in [-0.1, -0.05) is 6.07 Å². The lowest BCUT2D eigenvalue weighted by Crippen LogP contribution is -3.29. The van der Waals surface area contributed by atoms with E-state index in [-0.39, 0.29) is 11.9 Å². The van der Waals surface area contributed by atoms with Crippen LogP contribution in [0.1, 0.15) is 11.8 Å². The van der Waals surface area contributed by atoms with Crippen molar-refractivity contribution in [3.05, 3.63) is 22.4 Å². The summed E-state index contributed by atoms with van der Waals surface area (Å²) in [6.07, 6.45) is -0.687. The monoisotopic (exact) mass is 313 g/mol. The third-order valence-electron chi connectivity index (χ3n) is 4.02. The van der Waals surface area contributed by atoms with E-state index in [2.05, 4.69) is 27.6 Å². The topological polar surface area (TPSA) is 64.3 Å². The number of alkyl carbamates (subject to hydrolysis) is 1. The van der Waals surface area contributed by atoms with E-state index in [0.29, 0.717) is 0 Å². The maximum absolute atomic E-state index is 11.9. The van der Waals surface area contributed by atoms with E-state index in [4.69, 9.17) is 0 Å². The van der Waals surface area contributed by atoms with Crippen molar-refractivity contribution in [2.45, 2.75) is 19.5 Å². The molecule has 7 heteroatoms. The Morgan fingerprint density at radius 1 is 1.38 bits per heavy atom. The minimum absolute atomic E-state index is 0.229. The average molecular weight is 313 g/mol. The summed E-state index contributed by atoms with van der Waals surface area (Å²) >= 11 is 1.79. The molecule has 1 saturated heterocycles. The van der Waals surface area contributed by atoms with E-state index >= 15 is 0 Å². The van der Waals surface area contributed by atoms with Crippen molar-refractivity contribution in [3.63, 3.8) is 0 Å². The summed E-state index contributed by atoms with van der Waals surface area (Å²) in [7, 11) is 1.26. The minimum Gasteiger partial charge on any atom is -0.453 e. The van der Waals surface area contributed by atoms with Crippen LogP contribution in [-0.2, 0) is 16.1 Å².